The zero-order valence-corrected chi connectivity index (χ0v) is 16.8. The predicted molar refractivity (Wildman–Crippen MR) is 92.3 cm³/mol. The Morgan fingerprint density at radius 1 is 0.900 bits per heavy atom. The third-order valence-corrected chi connectivity index (χ3v) is 3.29. The van der Waals surface area contributed by atoms with Crippen molar-refractivity contribution in [2.75, 3.05) is 6.61 Å². The van der Waals surface area contributed by atoms with Crippen LogP contribution in [0.5, 0.6) is 0 Å². The summed E-state index contributed by atoms with van der Waals surface area (Å²) in [7, 11) is 0. The van der Waals surface area contributed by atoms with Crippen LogP contribution in [-0.4, -0.2) is 12.7 Å². The van der Waals surface area contributed by atoms with Gasteiger partial charge in [-0.2, -0.15) is 6.92 Å². The van der Waals surface area contributed by atoms with Gasteiger partial charge >= 0.3 is 0 Å². The van der Waals surface area contributed by atoms with Gasteiger partial charge in [-0.15, -0.1) is 0 Å². The third kappa shape index (κ3) is 10.7. The van der Waals surface area contributed by atoms with E-state index in [0.717, 1.165) is 6.61 Å². The molecule has 0 spiro atoms. The van der Waals surface area contributed by atoms with Crippen LogP contribution in [0.3, 0.4) is 0 Å². The molecule has 0 bridgehead atoms. The van der Waals surface area contributed by atoms with Crippen molar-refractivity contribution in [3.63, 3.8) is 0 Å². The number of ether oxygens (including phenoxy) is 1. The maximum Gasteiger partial charge on any atom is 0.0656 e. The maximum atomic E-state index is 5.98. The first-order valence-corrected chi connectivity index (χ1v) is 6.55. The molecule has 0 saturated carbocycles. The van der Waals surface area contributed by atoms with Crippen molar-refractivity contribution in [2.24, 2.45) is 16.7 Å². The minimum absolute atomic E-state index is 0. The van der Waals surface area contributed by atoms with E-state index >= 15 is 0 Å². The van der Waals surface area contributed by atoms with Crippen LogP contribution < -0.4 is 0 Å². The molecule has 20 heavy (non-hydrogen) atoms. The molecule has 1 nitrogen and oxygen atoms in total. The van der Waals surface area contributed by atoms with Gasteiger partial charge in [0, 0.05) is 39.3 Å². The smallest absolute Gasteiger partial charge is 0.0656 e. The van der Waals surface area contributed by atoms with Gasteiger partial charge in [-0.3, -0.25) is 0 Å². The second kappa shape index (κ2) is 13.7. The van der Waals surface area contributed by atoms with Gasteiger partial charge in [0.05, 0.1) is 6.10 Å². The average Bonchev–Trinajstić information content (AvgIpc) is 2.18. The molecule has 0 aromatic rings. The summed E-state index contributed by atoms with van der Waals surface area (Å²) in [6.07, 6.45) is 2.98. The molecular weight excluding hydrogens is 321 g/mol. The van der Waals surface area contributed by atoms with E-state index in [4.69, 9.17) is 4.74 Å². The van der Waals surface area contributed by atoms with Crippen LogP contribution in [0.15, 0.2) is 0 Å². The molecule has 0 amide bonds. The van der Waals surface area contributed by atoms with Crippen molar-refractivity contribution in [1.29, 1.82) is 0 Å². The number of hydrogen-bond acceptors (Lipinski definition) is 1. The summed E-state index contributed by atoms with van der Waals surface area (Å²) < 4.78 is 5.98. The van der Waals surface area contributed by atoms with Gasteiger partial charge in [0.2, 0.25) is 0 Å². The summed E-state index contributed by atoms with van der Waals surface area (Å²) in [5, 5.41) is 0. The molecule has 0 aliphatic carbocycles. The Morgan fingerprint density at radius 3 is 1.55 bits per heavy atom. The monoisotopic (exact) mass is 363 g/mol. The van der Waals surface area contributed by atoms with Gasteiger partial charge in [-0.25, -0.2) is 0 Å². The predicted octanol–water partition coefficient (Wildman–Crippen LogP) is 6.43. The largest absolute Gasteiger partial charge is 0.377 e. The van der Waals surface area contributed by atoms with Crippen LogP contribution in [0.2, 0.25) is 0 Å². The second-order valence-electron chi connectivity index (χ2n) is 6.77. The molecule has 1 rings (SSSR count). The van der Waals surface area contributed by atoms with E-state index in [9.17, 15) is 0 Å². The Bertz CT molecular complexity index is 167. The molecule has 1 radical (unpaired) electrons. The molecular formula is C18H42OY-2. The Labute approximate surface area is 156 Å². The van der Waals surface area contributed by atoms with Gasteiger partial charge in [0.15, 0.2) is 0 Å². The summed E-state index contributed by atoms with van der Waals surface area (Å²) in [6, 6.07) is 0. The van der Waals surface area contributed by atoms with Crippen LogP contribution in [0, 0.1) is 31.1 Å². The summed E-state index contributed by atoms with van der Waals surface area (Å²) in [5.74, 6) is 0.705. The van der Waals surface area contributed by atoms with Gasteiger partial charge in [0.25, 0.3) is 0 Å². The van der Waals surface area contributed by atoms with Crippen molar-refractivity contribution < 1.29 is 37.4 Å². The minimum atomic E-state index is 0. The topological polar surface area (TPSA) is 9.23 Å². The van der Waals surface area contributed by atoms with E-state index < -0.39 is 0 Å². The first kappa shape index (κ1) is 32.9. The van der Waals surface area contributed by atoms with Gasteiger partial charge in [-0.05, 0) is 29.6 Å². The summed E-state index contributed by atoms with van der Waals surface area (Å²) in [4.78, 5) is 0. The van der Waals surface area contributed by atoms with E-state index in [1.165, 1.54) is 12.8 Å². The first-order chi connectivity index (χ1) is 7.23. The van der Waals surface area contributed by atoms with Crippen molar-refractivity contribution in [3.8, 4) is 0 Å². The van der Waals surface area contributed by atoms with Crippen LogP contribution in [0.25, 0.3) is 0 Å². The molecule has 1 saturated heterocycles. The fraction of sp³-hybridized carbons (Fsp3) is 0.889. The normalized spacial score (nSPS) is 21.6. The van der Waals surface area contributed by atoms with E-state index in [2.05, 4.69) is 48.5 Å². The van der Waals surface area contributed by atoms with E-state index in [0.29, 0.717) is 17.4 Å². The molecule has 1 aliphatic heterocycles. The Balaban J connectivity index is -0.000000119. The molecule has 125 valence electrons. The first-order valence-electron chi connectivity index (χ1n) is 6.55. The summed E-state index contributed by atoms with van der Waals surface area (Å²) in [5.41, 5.74) is 0.650. The molecule has 0 aromatic carbocycles. The van der Waals surface area contributed by atoms with Crippen LogP contribution in [0.4, 0.5) is 0 Å². The Hall–Kier alpha value is 1.06. The number of rotatable bonds is 0. The fourth-order valence-corrected chi connectivity index (χ4v) is 2.52. The molecule has 1 heterocycles. The molecule has 2 heteroatoms. The average molecular weight is 363 g/mol. The third-order valence-electron chi connectivity index (χ3n) is 3.29. The van der Waals surface area contributed by atoms with Gasteiger partial charge in [0.1, 0.15) is 0 Å². The fourth-order valence-electron chi connectivity index (χ4n) is 2.52. The molecule has 0 aromatic heterocycles. The quantitative estimate of drug-likeness (QED) is 0.450. The van der Waals surface area contributed by atoms with E-state index in [-0.39, 0.29) is 60.4 Å². The zero-order chi connectivity index (χ0) is 13.0. The second-order valence-corrected chi connectivity index (χ2v) is 6.77. The maximum absolute atomic E-state index is 5.98. The van der Waals surface area contributed by atoms with E-state index in [1.54, 1.807) is 6.92 Å². The Kier molecular flexibility index (Phi) is 22.5. The van der Waals surface area contributed by atoms with Crippen molar-refractivity contribution in [2.45, 2.75) is 82.3 Å². The van der Waals surface area contributed by atoms with Crippen molar-refractivity contribution >= 4 is 0 Å². The van der Waals surface area contributed by atoms with Gasteiger partial charge < -0.3 is 19.1 Å². The van der Waals surface area contributed by atoms with Gasteiger partial charge in [-0.1, -0.05) is 56.4 Å². The van der Waals surface area contributed by atoms with E-state index in [1.807, 2.05) is 0 Å². The van der Waals surface area contributed by atoms with Crippen molar-refractivity contribution in [3.05, 3.63) is 14.4 Å². The molecule has 0 N–H and O–H groups in total. The van der Waals surface area contributed by atoms with Crippen LogP contribution >= 0.6 is 0 Å². The minimum Gasteiger partial charge on any atom is -0.377 e. The standard InChI is InChI=1S/C13H26O.C2H5.2CH4.CH3.Y/c1-12(2,3)10-8-7-9-14-11(10)13(4,5)6;1-2;;;;/h10-11H,7-9H2,1-6H3;1H2,2H3;2*1H4;1H3;/q;-1;;;-1;. The number of hydrogen-bond donors (Lipinski definition) is 0. The molecule has 1 aliphatic rings. The molecule has 1 fully saturated rings. The zero-order valence-electron chi connectivity index (χ0n) is 14.0. The summed E-state index contributed by atoms with van der Waals surface area (Å²) >= 11 is 0. The molecule has 2 atom stereocenters. The Morgan fingerprint density at radius 2 is 1.30 bits per heavy atom. The van der Waals surface area contributed by atoms with Crippen LogP contribution in [-0.2, 0) is 37.4 Å². The summed E-state index contributed by atoms with van der Waals surface area (Å²) in [6.45, 7) is 19.8. The van der Waals surface area contributed by atoms with Crippen molar-refractivity contribution in [1.82, 2.24) is 0 Å². The van der Waals surface area contributed by atoms with Crippen LogP contribution in [0.1, 0.15) is 76.2 Å². The molecule has 2 unspecified atom stereocenters. The SMILES string of the molecule is C.C.CC(C)(C)C1CCCOC1C(C)(C)C.[CH2-]C.[CH3-].[Y].